The predicted molar refractivity (Wildman–Crippen MR) is 131 cm³/mol. The van der Waals surface area contributed by atoms with E-state index in [0.29, 0.717) is 11.3 Å². The molecule has 160 valence electrons. The molecule has 0 radical (unpaired) electrons. The minimum Gasteiger partial charge on any atom is -0.497 e. The Hall–Kier alpha value is -3.42. The van der Waals surface area contributed by atoms with Gasteiger partial charge in [-0.2, -0.15) is 0 Å². The first kappa shape index (κ1) is 21.8. The van der Waals surface area contributed by atoms with Crippen LogP contribution < -0.4 is 15.3 Å². The first-order chi connectivity index (χ1) is 15.6. The summed E-state index contributed by atoms with van der Waals surface area (Å²) in [4.78, 5) is 13.4. The van der Waals surface area contributed by atoms with Gasteiger partial charge in [-0.3, -0.25) is 4.79 Å². The quantitative estimate of drug-likeness (QED) is 0.248. The molecule has 1 atom stereocenters. The molecule has 4 aromatic carbocycles. The maximum Gasteiger partial charge on any atom is 0.163 e. The molecule has 4 rings (SSSR count). The Morgan fingerprint density at radius 2 is 1.19 bits per heavy atom. The van der Waals surface area contributed by atoms with Gasteiger partial charge in [-0.25, -0.2) is 0 Å². The average Bonchev–Trinajstić information content (AvgIpc) is 2.88. The summed E-state index contributed by atoms with van der Waals surface area (Å²) >= 11 is 0. The summed E-state index contributed by atoms with van der Waals surface area (Å²) in [6.07, 6.45) is 0.136. The number of Topliss-reactive ketones (excluding diaryl/α,β-unsaturated/α-hetero) is 1. The Bertz CT molecular complexity index is 1160. The van der Waals surface area contributed by atoms with Crippen molar-refractivity contribution in [2.75, 3.05) is 7.11 Å². The number of hydrogen-bond donors (Lipinski definition) is 0. The average molecular weight is 440 g/mol. The van der Waals surface area contributed by atoms with Crippen LogP contribution in [0.5, 0.6) is 5.75 Å². The van der Waals surface area contributed by atoms with Crippen molar-refractivity contribution in [1.29, 1.82) is 0 Å². The van der Waals surface area contributed by atoms with Gasteiger partial charge in [0, 0.05) is 22.6 Å². The predicted octanol–water partition coefficient (Wildman–Crippen LogP) is 6.02. The number of hydrogen-bond acceptors (Lipinski definition) is 3. The van der Waals surface area contributed by atoms with Crippen LogP contribution in [0, 0.1) is 0 Å². The molecule has 0 aliphatic rings. The van der Waals surface area contributed by atoms with Crippen LogP contribution in [0.3, 0.4) is 0 Å². The number of ketones is 1. The van der Waals surface area contributed by atoms with Gasteiger partial charge in [0.25, 0.3) is 0 Å². The number of carbonyl (C=O) groups excluding carboxylic acids is 1. The van der Waals surface area contributed by atoms with Gasteiger partial charge in [-0.15, -0.1) is 0 Å². The van der Waals surface area contributed by atoms with E-state index in [4.69, 9.17) is 4.74 Å². The lowest BCUT2D eigenvalue weighted by atomic mass is 10.0. The van der Waals surface area contributed by atoms with Crippen molar-refractivity contribution in [3.05, 3.63) is 126 Å². The second kappa shape index (κ2) is 9.80. The van der Waals surface area contributed by atoms with Crippen molar-refractivity contribution in [2.45, 2.75) is 12.1 Å². The molecule has 0 aromatic heterocycles. The lowest BCUT2D eigenvalue weighted by Gasteiger charge is -2.29. The standard InChI is InChI=1S/C28H25O3P/c1-31-24-19-17-22(18-20-24)27(29)21-28(23-11-5-2-6-12-23)32(30,25-13-7-3-8-14-25)26-15-9-4-10-16-26/h2-20,28H,21H2,1H3/t28-/m0/s1. The fourth-order valence-corrected chi connectivity index (χ4v) is 7.27. The Kier molecular flexibility index (Phi) is 6.68. The monoisotopic (exact) mass is 440 g/mol. The molecule has 0 aliphatic carbocycles. The second-order valence-corrected chi connectivity index (χ2v) is 10.6. The molecule has 32 heavy (non-hydrogen) atoms. The smallest absolute Gasteiger partial charge is 0.163 e. The molecule has 0 bridgehead atoms. The van der Waals surface area contributed by atoms with Crippen LogP contribution in [0.15, 0.2) is 115 Å². The van der Waals surface area contributed by atoms with Gasteiger partial charge >= 0.3 is 0 Å². The van der Waals surface area contributed by atoms with Crippen molar-refractivity contribution in [2.24, 2.45) is 0 Å². The van der Waals surface area contributed by atoms with Crippen LogP contribution in [0.4, 0.5) is 0 Å². The highest BCUT2D eigenvalue weighted by Crippen LogP contribution is 2.59. The highest BCUT2D eigenvalue weighted by molar-refractivity contribution is 7.79. The summed E-state index contributed by atoms with van der Waals surface area (Å²) in [6.45, 7) is 0. The van der Waals surface area contributed by atoms with Gasteiger partial charge in [0.15, 0.2) is 12.9 Å². The molecule has 0 N–H and O–H groups in total. The summed E-state index contributed by atoms with van der Waals surface area (Å²) < 4.78 is 20.2. The normalized spacial score (nSPS) is 12.2. The third-order valence-corrected chi connectivity index (χ3v) is 9.18. The largest absolute Gasteiger partial charge is 0.497 e. The summed E-state index contributed by atoms with van der Waals surface area (Å²) in [7, 11) is -1.60. The molecule has 0 aliphatic heterocycles. The third-order valence-electron chi connectivity index (χ3n) is 5.69. The van der Waals surface area contributed by atoms with Crippen LogP contribution >= 0.6 is 7.14 Å². The van der Waals surface area contributed by atoms with Crippen LogP contribution in [0.25, 0.3) is 0 Å². The molecule has 4 heteroatoms. The number of methoxy groups -OCH3 is 1. The van der Waals surface area contributed by atoms with Crippen LogP contribution in [-0.4, -0.2) is 12.9 Å². The first-order valence-electron chi connectivity index (χ1n) is 10.6. The van der Waals surface area contributed by atoms with E-state index >= 15 is 4.57 Å². The van der Waals surface area contributed by atoms with Crippen molar-refractivity contribution in [3.63, 3.8) is 0 Å². The molecule has 3 nitrogen and oxygen atoms in total. The van der Waals surface area contributed by atoms with Gasteiger partial charge in [-0.05, 0) is 29.8 Å². The Labute approximate surface area is 189 Å². The van der Waals surface area contributed by atoms with E-state index in [9.17, 15) is 4.79 Å². The molecule has 0 saturated heterocycles. The maximum absolute atomic E-state index is 15.0. The summed E-state index contributed by atoms with van der Waals surface area (Å²) in [5, 5.41) is 1.50. The van der Waals surface area contributed by atoms with E-state index in [0.717, 1.165) is 16.2 Å². The molecule has 0 spiro atoms. The number of ether oxygens (including phenoxy) is 1. The third kappa shape index (κ3) is 4.44. The van der Waals surface area contributed by atoms with E-state index in [1.807, 2.05) is 91.0 Å². The highest BCUT2D eigenvalue weighted by atomic mass is 31.2. The van der Waals surface area contributed by atoms with Crippen molar-refractivity contribution >= 4 is 23.5 Å². The molecule has 0 fully saturated rings. The fourth-order valence-electron chi connectivity index (χ4n) is 4.01. The van der Waals surface area contributed by atoms with Crippen molar-refractivity contribution < 1.29 is 14.1 Å². The van der Waals surface area contributed by atoms with Crippen molar-refractivity contribution in [3.8, 4) is 5.75 Å². The Morgan fingerprint density at radius 1 is 0.719 bits per heavy atom. The first-order valence-corrected chi connectivity index (χ1v) is 12.3. The van der Waals surface area contributed by atoms with Gasteiger partial charge in [-0.1, -0.05) is 91.0 Å². The van der Waals surface area contributed by atoms with Crippen LogP contribution in [-0.2, 0) is 4.57 Å². The number of benzene rings is 4. The summed E-state index contributed by atoms with van der Waals surface area (Å²) in [5.41, 5.74) is 0.993. The second-order valence-electron chi connectivity index (χ2n) is 7.61. The topological polar surface area (TPSA) is 43.4 Å². The Morgan fingerprint density at radius 3 is 1.66 bits per heavy atom. The van der Waals surface area contributed by atoms with E-state index in [-0.39, 0.29) is 12.2 Å². The van der Waals surface area contributed by atoms with Gasteiger partial charge in [0.2, 0.25) is 0 Å². The minimum atomic E-state index is -3.19. The minimum absolute atomic E-state index is 0.0476. The fraction of sp³-hybridized carbons (Fsp3) is 0.107. The summed E-state index contributed by atoms with van der Waals surface area (Å²) in [5.74, 6) is 0.647. The zero-order valence-corrected chi connectivity index (χ0v) is 18.8. The zero-order valence-electron chi connectivity index (χ0n) is 17.9. The molecule has 4 aromatic rings. The number of carbonyl (C=O) groups is 1. The lowest BCUT2D eigenvalue weighted by Crippen LogP contribution is -2.23. The molecule has 0 amide bonds. The molecular formula is C28H25O3P. The number of rotatable bonds is 8. The van der Waals surface area contributed by atoms with E-state index in [1.165, 1.54) is 0 Å². The highest BCUT2D eigenvalue weighted by Gasteiger charge is 2.39. The lowest BCUT2D eigenvalue weighted by molar-refractivity contribution is 0.0981. The van der Waals surface area contributed by atoms with E-state index < -0.39 is 12.8 Å². The molecule has 0 unspecified atom stereocenters. The molecular weight excluding hydrogens is 415 g/mol. The van der Waals surface area contributed by atoms with Gasteiger partial charge in [0.1, 0.15) is 5.75 Å². The molecule has 0 heterocycles. The Balaban J connectivity index is 1.84. The zero-order chi connectivity index (χ0) is 22.4. The van der Waals surface area contributed by atoms with E-state index in [1.54, 1.807) is 31.4 Å². The SMILES string of the molecule is COc1ccc(C(=O)C[C@@H](c2ccccc2)P(=O)(c2ccccc2)c2ccccc2)cc1. The summed E-state index contributed by atoms with van der Waals surface area (Å²) in [6, 6.07) is 35.9. The van der Waals surface area contributed by atoms with Gasteiger partial charge in [0.05, 0.1) is 12.8 Å². The van der Waals surface area contributed by atoms with Gasteiger partial charge < -0.3 is 9.30 Å². The maximum atomic E-state index is 15.0. The van der Waals surface area contributed by atoms with Crippen LogP contribution in [0.2, 0.25) is 0 Å². The molecule has 0 saturated carbocycles. The van der Waals surface area contributed by atoms with E-state index in [2.05, 4.69) is 0 Å². The van der Waals surface area contributed by atoms with Crippen LogP contribution in [0.1, 0.15) is 28.0 Å². The van der Waals surface area contributed by atoms with Crippen molar-refractivity contribution in [1.82, 2.24) is 0 Å².